The lowest BCUT2D eigenvalue weighted by atomic mass is 10.0. The average Bonchev–Trinajstić information content (AvgIpc) is 2.71. The van der Waals surface area contributed by atoms with Gasteiger partial charge in [0.1, 0.15) is 49.0 Å². The molecule has 0 aromatic rings. The van der Waals surface area contributed by atoms with E-state index in [4.69, 9.17) is 30.1 Å². The maximum Gasteiger partial charge on any atom is 0.398 e. The molecular weight excluding hydrogens is 454 g/mol. The minimum absolute atomic E-state index is 0.189. The molecule has 10 N–H and O–H groups in total. The highest BCUT2D eigenvalue weighted by molar-refractivity contribution is 7.80. The van der Waals surface area contributed by atoms with Crippen LogP contribution in [0.5, 0.6) is 0 Å². The summed E-state index contributed by atoms with van der Waals surface area (Å²) in [4.78, 5) is 31.4. The van der Waals surface area contributed by atoms with Crippen molar-refractivity contribution >= 4 is 28.9 Å². The Balaban J connectivity index is 0. The molecule has 0 saturated heterocycles. The van der Waals surface area contributed by atoms with E-state index in [0.29, 0.717) is 0 Å². The van der Waals surface area contributed by atoms with Gasteiger partial charge in [0.2, 0.25) is 5.91 Å². The van der Waals surface area contributed by atoms with E-state index in [1.807, 2.05) is 0 Å². The fraction of sp³-hybridized carbons (Fsp3) is 0.786. The van der Waals surface area contributed by atoms with Gasteiger partial charge in [0.15, 0.2) is 12.4 Å². The van der Waals surface area contributed by atoms with Crippen molar-refractivity contribution in [1.82, 2.24) is 5.32 Å². The van der Waals surface area contributed by atoms with Gasteiger partial charge in [0.05, 0.1) is 13.2 Å². The van der Waals surface area contributed by atoms with Crippen LogP contribution < -0.4 is 5.32 Å². The quantitative estimate of drug-likeness (QED) is 0.0863. The molecule has 0 aliphatic carbocycles. The summed E-state index contributed by atoms with van der Waals surface area (Å²) in [5, 5.41) is 73.8. The topological polar surface area (TPSA) is 289 Å². The Labute approximate surface area is 176 Å². The first-order valence-electron chi connectivity index (χ1n) is 8.30. The second-order valence-corrected chi connectivity index (χ2v) is 7.00. The van der Waals surface area contributed by atoms with Crippen LogP contribution in [0.15, 0.2) is 0 Å². The first kappa shape index (κ1) is 31.5. The molecule has 0 unspecified atom stereocenters. The zero-order valence-electron chi connectivity index (χ0n) is 16.1. The van der Waals surface area contributed by atoms with Gasteiger partial charge in [0.25, 0.3) is 0 Å². The number of aliphatic hydroxyl groups excluding tert-OH is 8. The molecule has 1 amide bonds. The van der Waals surface area contributed by atoms with E-state index in [9.17, 15) is 38.1 Å². The van der Waals surface area contributed by atoms with E-state index in [-0.39, 0.29) is 12.6 Å². The van der Waals surface area contributed by atoms with Crippen LogP contribution in [0.2, 0.25) is 0 Å². The zero-order chi connectivity index (χ0) is 24.9. The minimum atomic E-state index is -4.99. The molecular formula is C14H27NO15S. The third-order valence-electron chi connectivity index (χ3n) is 3.45. The number of aldehydes is 2. The molecule has 0 aromatic heterocycles. The van der Waals surface area contributed by atoms with Crippen molar-refractivity contribution in [2.75, 3.05) is 13.2 Å². The number of nitrogens with one attached hydrogen (secondary N) is 1. The number of hydrogen-bond donors (Lipinski definition) is 10. The molecule has 0 aromatic carbocycles. The minimum Gasteiger partial charge on any atom is -0.394 e. The van der Waals surface area contributed by atoms with Crippen molar-refractivity contribution in [2.24, 2.45) is 0 Å². The SMILES string of the molecule is CC(=O)N[C@@H](C=O)[C@@H](O)[C@H](O)[C@H](O)CO.O=C[C@H](OS(=O)(=O)O)[C@@H](O)[C@@H](O)[C@H](O)CO. The Morgan fingerprint density at radius 2 is 1.29 bits per heavy atom. The molecule has 8 atom stereocenters. The van der Waals surface area contributed by atoms with Crippen molar-refractivity contribution in [3.63, 3.8) is 0 Å². The number of carbonyl (C=O) groups excluding carboxylic acids is 3. The Bertz CT molecular complexity index is 644. The van der Waals surface area contributed by atoms with Crippen LogP contribution in [-0.4, -0.2) is 134 Å². The van der Waals surface area contributed by atoms with Crippen LogP contribution in [0.1, 0.15) is 6.92 Å². The van der Waals surface area contributed by atoms with E-state index >= 15 is 0 Å². The van der Waals surface area contributed by atoms with E-state index in [0.717, 1.165) is 6.92 Å². The normalized spacial score (nSPS) is 19.3. The first-order chi connectivity index (χ1) is 14.2. The van der Waals surface area contributed by atoms with Crippen LogP contribution >= 0.6 is 0 Å². The predicted molar refractivity (Wildman–Crippen MR) is 96.4 cm³/mol. The lowest BCUT2D eigenvalue weighted by Gasteiger charge is -2.25. The highest BCUT2D eigenvalue weighted by atomic mass is 32.3. The van der Waals surface area contributed by atoms with Crippen molar-refractivity contribution < 1.29 is 72.4 Å². The molecule has 0 fully saturated rings. The molecule has 0 aliphatic heterocycles. The highest BCUT2D eigenvalue weighted by Crippen LogP contribution is 2.08. The molecule has 31 heavy (non-hydrogen) atoms. The molecule has 0 radical (unpaired) electrons. The monoisotopic (exact) mass is 481 g/mol. The fourth-order valence-electron chi connectivity index (χ4n) is 1.81. The summed E-state index contributed by atoms with van der Waals surface area (Å²) in [5.74, 6) is -0.558. The summed E-state index contributed by atoms with van der Waals surface area (Å²) in [6.45, 7) is -0.544. The maximum absolute atomic E-state index is 10.6. The van der Waals surface area contributed by atoms with E-state index in [1.54, 1.807) is 0 Å². The zero-order valence-corrected chi connectivity index (χ0v) is 16.9. The summed E-state index contributed by atoms with van der Waals surface area (Å²) in [6, 6.07) is -1.32. The Morgan fingerprint density at radius 1 is 0.871 bits per heavy atom. The summed E-state index contributed by atoms with van der Waals surface area (Å²) in [5.41, 5.74) is 0. The number of carbonyl (C=O) groups is 3. The third kappa shape index (κ3) is 12.7. The maximum atomic E-state index is 10.6. The average molecular weight is 481 g/mol. The van der Waals surface area contributed by atoms with Gasteiger partial charge in [-0.15, -0.1) is 0 Å². The largest absolute Gasteiger partial charge is 0.398 e. The van der Waals surface area contributed by atoms with Gasteiger partial charge in [-0.1, -0.05) is 0 Å². The summed E-state index contributed by atoms with van der Waals surface area (Å²) >= 11 is 0. The van der Waals surface area contributed by atoms with Gasteiger partial charge in [-0.05, 0) is 0 Å². The van der Waals surface area contributed by atoms with Gasteiger partial charge in [-0.2, -0.15) is 8.42 Å². The van der Waals surface area contributed by atoms with Crippen LogP contribution in [0.25, 0.3) is 0 Å². The molecule has 17 heteroatoms. The van der Waals surface area contributed by atoms with Gasteiger partial charge < -0.3 is 55.8 Å². The number of amides is 1. The van der Waals surface area contributed by atoms with E-state index in [1.165, 1.54) is 0 Å². The fourth-order valence-corrected chi connectivity index (χ4v) is 2.25. The molecule has 0 saturated carbocycles. The van der Waals surface area contributed by atoms with Crippen LogP contribution in [0.4, 0.5) is 0 Å². The molecule has 0 rings (SSSR count). The van der Waals surface area contributed by atoms with Crippen LogP contribution in [0, 0.1) is 0 Å². The van der Waals surface area contributed by atoms with Crippen molar-refractivity contribution in [3.05, 3.63) is 0 Å². The number of aliphatic hydroxyl groups is 8. The van der Waals surface area contributed by atoms with E-state index < -0.39 is 78.3 Å². The summed E-state index contributed by atoms with van der Waals surface area (Å²) < 4.78 is 32.4. The number of hydrogen-bond acceptors (Lipinski definition) is 14. The van der Waals surface area contributed by atoms with E-state index in [2.05, 4.69) is 9.50 Å². The molecule has 184 valence electrons. The van der Waals surface area contributed by atoms with Crippen LogP contribution in [0.3, 0.4) is 0 Å². The molecule has 16 nitrogen and oxygen atoms in total. The summed E-state index contributed by atoms with van der Waals surface area (Å²) in [6.07, 6.45) is -12.9. The van der Waals surface area contributed by atoms with Gasteiger partial charge >= 0.3 is 10.4 Å². The van der Waals surface area contributed by atoms with Gasteiger partial charge in [-0.3, -0.25) is 9.35 Å². The molecule has 0 bridgehead atoms. The third-order valence-corrected chi connectivity index (χ3v) is 3.92. The molecule has 0 aliphatic rings. The summed E-state index contributed by atoms with van der Waals surface area (Å²) in [7, 11) is -4.99. The van der Waals surface area contributed by atoms with Crippen molar-refractivity contribution in [1.29, 1.82) is 0 Å². The van der Waals surface area contributed by atoms with Crippen molar-refractivity contribution in [3.8, 4) is 0 Å². The Hall–Kier alpha value is -1.64. The second kappa shape index (κ2) is 15.2. The molecule has 0 spiro atoms. The lowest BCUT2D eigenvalue weighted by molar-refractivity contribution is -0.133. The highest BCUT2D eigenvalue weighted by Gasteiger charge is 2.34. The standard InChI is InChI=1S/C8H15NO6.C6H12O9S/c1-4(12)9-5(2-10)7(14)8(15)6(13)3-11;7-1-3(9)5(10)6(11)4(2-8)15-16(12,13)14/h2,5-8,11,13-15H,3H2,1H3,(H,9,12);2-7,9-11H,1H2,(H,12,13,14)/t5-,6+,7+,8+;3-,4+,5+,6-/m01/s1. The Morgan fingerprint density at radius 3 is 1.58 bits per heavy atom. The first-order valence-corrected chi connectivity index (χ1v) is 9.66. The van der Waals surface area contributed by atoms with Gasteiger partial charge in [-0.25, -0.2) is 4.18 Å². The molecule has 0 heterocycles. The van der Waals surface area contributed by atoms with Crippen LogP contribution in [-0.2, 0) is 29.0 Å². The second-order valence-electron chi connectivity index (χ2n) is 5.95. The predicted octanol–water partition coefficient (Wildman–Crippen LogP) is -6.79. The smallest absolute Gasteiger partial charge is 0.394 e. The van der Waals surface area contributed by atoms with Crippen molar-refractivity contribution in [2.45, 2.75) is 55.7 Å². The number of rotatable bonds is 13. The lowest BCUT2D eigenvalue weighted by Crippen LogP contribution is -2.53. The van der Waals surface area contributed by atoms with Gasteiger partial charge in [0, 0.05) is 6.92 Å². The Kier molecular flexibility index (Phi) is 15.5.